The highest BCUT2D eigenvalue weighted by atomic mass is 35.5. The Labute approximate surface area is 103 Å². The van der Waals surface area contributed by atoms with E-state index in [4.69, 9.17) is 16.9 Å². The molecule has 0 saturated heterocycles. The quantitative estimate of drug-likeness (QED) is 0.557. The molecule has 1 aromatic carbocycles. The van der Waals surface area contributed by atoms with Gasteiger partial charge in [-0.15, -0.1) is 11.6 Å². The minimum Gasteiger partial charge on any atom is -0.192 e. The lowest BCUT2D eigenvalue weighted by Crippen LogP contribution is -2.16. The maximum atomic E-state index is 12.6. The largest absolute Gasteiger partial charge is 0.417 e. The van der Waals surface area contributed by atoms with Gasteiger partial charge in [0.15, 0.2) is 0 Å². The SMILES string of the molecule is N#Cc1c(C(F)(F)F)cc(CCl)cc1C(F)(F)F. The molecule has 0 spiro atoms. The molecule has 0 amide bonds. The highest BCUT2D eigenvalue weighted by molar-refractivity contribution is 6.17. The average Bonchev–Trinajstić information content (AvgIpc) is 2.24. The van der Waals surface area contributed by atoms with Gasteiger partial charge in [-0.3, -0.25) is 0 Å². The highest BCUT2D eigenvalue weighted by Crippen LogP contribution is 2.40. The fraction of sp³-hybridized carbons (Fsp3) is 0.300. The van der Waals surface area contributed by atoms with Crippen LogP contribution in [0.5, 0.6) is 0 Å². The minimum atomic E-state index is -5.05. The van der Waals surface area contributed by atoms with Crippen LogP contribution < -0.4 is 0 Å². The van der Waals surface area contributed by atoms with Crippen LogP contribution in [0.25, 0.3) is 0 Å². The van der Waals surface area contributed by atoms with Gasteiger partial charge in [0.1, 0.15) is 6.07 Å². The second-order valence-electron chi connectivity index (χ2n) is 3.31. The van der Waals surface area contributed by atoms with Crippen LogP contribution in [0.15, 0.2) is 12.1 Å². The van der Waals surface area contributed by atoms with Crippen molar-refractivity contribution in [2.75, 3.05) is 0 Å². The lowest BCUT2D eigenvalue weighted by molar-refractivity contribution is -0.143. The molecule has 0 aliphatic rings. The molecule has 1 aromatic rings. The maximum absolute atomic E-state index is 12.6. The number of hydrogen-bond donors (Lipinski definition) is 0. The molecule has 0 unspecified atom stereocenters. The van der Waals surface area contributed by atoms with Crippen LogP contribution in [0.1, 0.15) is 22.3 Å². The zero-order valence-corrected chi connectivity index (χ0v) is 9.21. The predicted octanol–water partition coefficient (Wildman–Crippen LogP) is 4.33. The molecule has 0 atom stereocenters. The van der Waals surface area contributed by atoms with E-state index >= 15 is 0 Å². The number of nitriles is 1. The summed E-state index contributed by atoms with van der Waals surface area (Å²) in [6, 6.07) is 1.84. The highest BCUT2D eigenvalue weighted by Gasteiger charge is 2.41. The van der Waals surface area contributed by atoms with Gasteiger partial charge in [-0.1, -0.05) is 0 Å². The Bertz CT molecular complexity index is 462. The summed E-state index contributed by atoms with van der Waals surface area (Å²) in [5, 5.41) is 8.51. The molecule has 0 aromatic heterocycles. The van der Waals surface area contributed by atoms with Crippen LogP contribution in [0, 0.1) is 11.3 Å². The molecule has 8 heteroatoms. The van der Waals surface area contributed by atoms with Gasteiger partial charge >= 0.3 is 12.4 Å². The zero-order chi connectivity index (χ0) is 14.1. The van der Waals surface area contributed by atoms with Crippen molar-refractivity contribution in [2.24, 2.45) is 0 Å². The molecule has 0 fully saturated rings. The summed E-state index contributed by atoms with van der Waals surface area (Å²) in [6.07, 6.45) is -10.1. The number of halogens is 7. The van der Waals surface area contributed by atoms with E-state index in [1.165, 1.54) is 0 Å². The van der Waals surface area contributed by atoms with E-state index in [2.05, 4.69) is 0 Å². The summed E-state index contributed by atoms with van der Waals surface area (Å²) < 4.78 is 75.4. The Kier molecular flexibility index (Phi) is 3.81. The lowest BCUT2D eigenvalue weighted by Gasteiger charge is -2.16. The summed E-state index contributed by atoms with van der Waals surface area (Å²) in [6.45, 7) is 0. The smallest absolute Gasteiger partial charge is 0.192 e. The van der Waals surface area contributed by atoms with Crippen molar-refractivity contribution in [1.29, 1.82) is 5.26 Å². The Morgan fingerprint density at radius 3 is 1.61 bits per heavy atom. The van der Waals surface area contributed by atoms with Crippen LogP contribution in [0.2, 0.25) is 0 Å². The van der Waals surface area contributed by atoms with Gasteiger partial charge in [0.2, 0.25) is 0 Å². The fourth-order valence-electron chi connectivity index (χ4n) is 1.35. The zero-order valence-electron chi connectivity index (χ0n) is 8.45. The van der Waals surface area contributed by atoms with E-state index in [9.17, 15) is 26.3 Å². The Hall–Kier alpha value is -1.42. The summed E-state index contributed by atoms with van der Waals surface area (Å²) in [5.41, 5.74) is -5.05. The second kappa shape index (κ2) is 4.69. The molecule has 0 N–H and O–H groups in total. The third kappa shape index (κ3) is 2.88. The van der Waals surface area contributed by atoms with Crippen molar-refractivity contribution in [3.63, 3.8) is 0 Å². The predicted molar refractivity (Wildman–Crippen MR) is 50.7 cm³/mol. The summed E-state index contributed by atoms with van der Waals surface area (Å²) in [5.74, 6) is -0.516. The molecule has 0 aliphatic heterocycles. The van der Waals surface area contributed by atoms with E-state index < -0.39 is 34.9 Å². The molecule has 0 bridgehead atoms. The first-order chi connectivity index (χ1) is 8.11. The monoisotopic (exact) mass is 287 g/mol. The van der Waals surface area contributed by atoms with Gasteiger partial charge in [-0.25, -0.2) is 0 Å². The Morgan fingerprint density at radius 1 is 1.00 bits per heavy atom. The van der Waals surface area contributed by atoms with Crippen molar-refractivity contribution in [2.45, 2.75) is 18.2 Å². The standard InChI is InChI=1S/C10H4ClF6N/c11-3-5-1-7(9(12,13)14)6(4-18)8(2-5)10(15,16)17/h1-2H,3H2. The maximum Gasteiger partial charge on any atom is 0.417 e. The number of rotatable bonds is 1. The number of alkyl halides is 7. The topological polar surface area (TPSA) is 23.8 Å². The first kappa shape index (κ1) is 14.6. The van der Waals surface area contributed by atoms with Crippen LogP contribution >= 0.6 is 11.6 Å². The van der Waals surface area contributed by atoms with Gasteiger partial charge in [-0.2, -0.15) is 31.6 Å². The number of benzene rings is 1. The third-order valence-corrected chi connectivity index (χ3v) is 2.38. The van der Waals surface area contributed by atoms with Gasteiger partial charge in [0.05, 0.1) is 16.7 Å². The minimum absolute atomic E-state index is 0.352. The average molecular weight is 288 g/mol. The van der Waals surface area contributed by atoms with E-state index in [0.29, 0.717) is 12.1 Å². The Balaban J connectivity index is 3.68. The molecule has 0 aliphatic carbocycles. The van der Waals surface area contributed by atoms with Crippen LogP contribution in [0.3, 0.4) is 0 Å². The van der Waals surface area contributed by atoms with Crippen molar-refractivity contribution in [1.82, 2.24) is 0 Å². The first-order valence-electron chi connectivity index (χ1n) is 4.38. The van der Waals surface area contributed by atoms with Gasteiger partial charge < -0.3 is 0 Å². The second-order valence-corrected chi connectivity index (χ2v) is 3.57. The van der Waals surface area contributed by atoms with Crippen molar-refractivity contribution in [3.05, 3.63) is 34.4 Å². The van der Waals surface area contributed by atoms with Crippen LogP contribution in [0.4, 0.5) is 26.3 Å². The van der Waals surface area contributed by atoms with E-state index in [1.807, 2.05) is 0 Å². The lowest BCUT2D eigenvalue weighted by atomic mass is 9.98. The number of nitrogens with zero attached hydrogens (tertiary/aromatic N) is 1. The molecule has 98 valence electrons. The molecule has 0 heterocycles. The first-order valence-corrected chi connectivity index (χ1v) is 4.92. The van der Waals surface area contributed by atoms with Gasteiger partial charge in [0, 0.05) is 5.88 Å². The third-order valence-electron chi connectivity index (χ3n) is 2.08. The molecule has 1 rings (SSSR count). The van der Waals surface area contributed by atoms with Gasteiger partial charge in [-0.05, 0) is 17.7 Å². The van der Waals surface area contributed by atoms with Crippen molar-refractivity contribution < 1.29 is 26.3 Å². The van der Waals surface area contributed by atoms with Crippen LogP contribution in [-0.2, 0) is 18.2 Å². The van der Waals surface area contributed by atoms with E-state index in [0.717, 1.165) is 6.07 Å². The van der Waals surface area contributed by atoms with E-state index in [-0.39, 0.29) is 5.56 Å². The summed E-state index contributed by atoms with van der Waals surface area (Å²) >= 11 is 5.25. The molecule has 1 nitrogen and oxygen atoms in total. The molecular formula is C10H4ClF6N. The van der Waals surface area contributed by atoms with Crippen molar-refractivity contribution >= 4 is 11.6 Å². The fourth-order valence-corrected chi connectivity index (χ4v) is 1.50. The Morgan fingerprint density at radius 2 is 1.39 bits per heavy atom. The molecule has 0 saturated carbocycles. The summed E-state index contributed by atoms with van der Waals surface area (Å²) in [7, 11) is 0. The normalized spacial score (nSPS) is 12.3. The number of hydrogen-bond acceptors (Lipinski definition) is 1. The molecule has 18 heavy (non-hydrogen) atoms. The van der Waals surface area contributed by atoms with Crippen molar-refractivity contribution in [3.8, 4) is 6.07 Å². The molecular weight excluding hydrogens is 284 g/mol. The van der Waals surface area contributed by atoms with Gasteiger partial charge in [0.25, 0.3) is 0 Å². The van der Waals surface area contributed by atoms with Crippen LogP contribution in [-0.4, -0.2) is 0 Å². The summed E-state index contributed by atoms with van der Waals surface area (Å²) in [4.78, 5) is 0. The van der Waals surface area contributed by atoms with E-state index in [1.54, 1.807) is 0 Å². The molecule has 0 radical (unpaired) electrons.